The quantitative estimate of drug-likeness (QED) is 0.784. The summed E-state index contributed by atoms with van der Waals surface area (Å²) in [5.41, 5.74) is 0.574. The van der Waals surface area contributed by atoms with Gasteiger partial charge in [-0.1, -0.05) is 30.3 Å². The van der Waals surface area contributed by atoms with Gasteiger partial charge in [0.05, 0.1) is 25.1 Å². The lowest BCUT2D eigenvalue weighted by Gasteiger charge is -2.29. The average molecular weight is 394 g/mol. The molecule has 146 valence electrons. The van der Waals surface area contributed by atoms with Gasteiger partial charge < -0.3 is 10.1 Å². The fourth-order valence-corrected chi connectivity index (χ4v) is 4.02. The number of carbonyl (C=O) groups excluding carboxylic acids is 1. The number of nitrogens with zero attached hydrogens (tertiary/aromatic N) is 1. The van der Waals surface area contributed by atoms with E-state index in [1.165, 1.54) is 32.2 Å². The highest BCUT2D eigenvalue weighted by Gasteiger charge is 2.31. The van der Waals surface area contributed by atoms with E-state index in [9.17, 15) is 17.6 Å². The molecule has 1 N–H and O–H groups in total. The number of hydrogen-bond donors (Lipinski definition) is 1. The molecule has 0 fully saturated rings. The van der Waals surface area contributed by atoms with E-state index in [2.05, 4.69) is 5.32 Å². The van der Waals surface area contributed by atoms with Crippen LogP contribution >= 0.6 is 0 Å². The number of rotatable bonds is 7. The Bertz CT molecular complexity index is 917. The number of carbonyl (C=O) groups is 1. The summed E-state index contributed by atoms with van der Waals surface area (Å²) in [6.07, 6.45) is 0.937. The van der Waals surface area contributed by atoms with Crippen molar-refractivity contribution in [3.63, 3.8) is 0 Å². The number of sulfonamides is 1. The van der Waals surface area contributed by atoms with Crippen molar-refractivity contribution >= 4 is 21.6 Å². The van der Waals surface area contributed by atoms with Crippen molar-refractivity contribution in [3.05, 3.63) is 59.9 Å². The molecule has 0 bridgehead atoms. The molecule has 2 aromatic carbocycles. The molecule has 2 aromatic rings. The Morgan fingerprint density at radius 2 is 1.70 bits per heavy atom. The Hall–Kier alpha value is -2.61. The van der Waals surface area contributed by atoms with Crippen molar-refractivity contribution in [1.82, 2.24) is 5.32 Å². The second-order valence-electron chi connectivity index (χ2n) is 6.16. The summed E-state index contributed by atoms with van der Waals surface area (Å²) in [4.78, 5) is 12.7. The molecule has 2 rings (SSSR count). The number of hydrogen-bond acceptors (Lipinski definition) is 4. The summed E-state index contributed by atoms with van der Waals surface area (Å²) in [6, 6.07) is 11.1. The van der Waals surface area contributed by atoms with E-state index in [-0.39, 0.29) is 5.69 Å². The van der Waals surface area contributed by atoms with E-state index in [1.54, 1.807) is 19.1 Å². The van der Waals surface area contributed by atoms with Gasteiger partial charge in [0.15, 0.2) is 0 Å². The van der Waals surface area contributed by atoms with E-state index >= 15 is 0 Å². The van der Waals surface area contributed by atoms with Crippen LogP contribution in [-0.2, 0) is 14.8 Å². The van der Waals surface area contributed by atoms with Crippen molar-refractivity contribution in [2.75, 3.05) is 17.7 Å². The van der Waals surface area contributed by atoms with Crippen LogP contribution in [0.4, 0.5) is 10.1 Å². The van der Waals surface area contributed by atoms with Crippen LogP contribution in [0.25, 0.3) is 0 Å². The Kier molecular flexibility index (Phi) is 6.43. The number of para-hydroxylation sites is 2. The van der Waals surface area contributed by atoms with Crippen molar-refractivity contribution in [2.45, 2.75) is 25.9 Å². The maximum Gasteiger partial charge on any atom is 0.244 e. The zero-order valence-electron chi connectivity index (χ0n) is 15.6. The third-order valence-electron chi connectivity index (χ3n) is 4.14. The molecule has 8 heteroatoms. The predicted molar refractivity (Wildman–Crippen MR) is 103 cm³/mol. The summed E-state index contributed by atoms with van der Waals surface area (Å²) in [5, 5.41) is 2.76. The predicted octanol–water partition coefficient (Wildman–Crippen LogP) is 2.87. The van der Waals surface area contributed by atoms with Gasteiger partial charge in [-0.3, -0.25) is 9.10 Å². The molecule has 0 spiro atoms. The number of amides is 1. The third kappa shape index (κ3) is 4.77. The van der Waals surface area contributed by atoms with Crippen molar-refractivity contribution in [1.29, 1.82) is 0 Å². The van der Waals surface area contributed by atoms with Gasteiger partial charge in [-0.15, -0.1) is 0 Å². The van der Waals surface area contributed by atoms with Gasteiger partial charge in [-0.2, -0.15) is 0 Å². The van der Waals surface area contributed by atoms with Crippen LogP contribution in [0, 0.1) is 5.82 Å². The van der Waals surface area contributed by atoms with Crippen molar-refractivity contribution in [2.24, 2.45) is 0 Å². The van der Waals surface area contributed by atoms with Gasteiger partial charge >= 0.3 is 0 Å². The second-order valence-corrected chi connectivity index (χ2v) is 8.02. The molecule has 0 aliphatic rings. The molecule has 0 radical (unpaired) electrons. The largest absolute Gasteiger partial charge is 0.496 e. The topological polar surface area (TPSA) is 75.7 Å². The molecule has 0 saturated heterocycles. The van der Waals surface area contributed by atoms with Crippen LogP contribution in [0.1, 0.15) is 25.5 Å². The zero-order chi connectivity index (χ0) is 20.2. The Morgan fingerprint density at radius 1 is 1.11 bits per heavy atom. The van der Waals surface area contributed by atoms with E-state index < -0.39 is 33.8 Å². The summed E-state index contributed by atoms with van der Waals surface area (Å²) in [5.74, 6) is -0.672. The lowest BCUT2D eigenvalue weighted by molar-refractivity contribution is -0.122. The minimum Gasteiger partial charge on any atom is -0.496 e. The van der Waals surface area contributed by atoms with Gasteiger partial charge in [0.25, 0.3) is 0 Å². The molecule has 0 unspecified atom stereocenters. The molecule has 0 aliphatic carbocycles. The monoisotopic (exact) mass is 394 g/mol. The number of anilines is 1. The van der Waals surface area contributed by atoms with E-state index in [4.69, 9.17) is 4.74 Å². The molecule has 0 aliphatic heterocycles. The summed E-state index contributed by atoms with van der Waals surface area (Å²) < 4.78 is 44.7. The molecule has 6 nitrogen and oxygen atoms in total. The molecule has 2 atom stereocenters. The smallest absolute Gasteiger partial charge is 0.244 e. The molecule has 0 saturated carbocycles. The Morgan fingerprint density at radius 3 is 2.30 bits per heavy atom. The summed E-state index contributed by atoms with van der Waals surface area (Å²) >= 11 is 0. The van der Waals surface area contributed by atoms with Gasteiger partial charge in [0.1, 0.15) is 17.6 Å². The van der Waals surface area contributed by atoms with Gasteiger partial charge in [-0.05, 0) is 32.0 Å². The Labute approximate surface area is 159 Å². The molecule has 27 heavy (non-hydrogen) atoms. The first-order chi connectivity index (χ1) is 12.7. The first-order valence-electron chi connectivity index (χ1n) is 8.34. The van der Waals surface area contributed by atoms with Crippen molar-refractivity contribution in [3.8, 4) is 5.75 Å². The van der Waals surface area contributed by atoms with E-state index in [1.807, 2.05) is 12.1 Å². The Balaban J connectivity index is 2.29. The minimum atomic E-state index is -3.89. The fourth-order valence-electron chi connectivity index (χ4n) is 2.85. The maximum absolute atomic E-state index is 14.2. The van der Waals surface area contributed by atoms with Crippen molar-refractivity contribution < 1.29 is 22.3 Å². The zero-order valence-corrected chi connectivity index (χ0v) is 16.5. The summed E-state index contributed by atoms with van der Waals surface area (Å²) in [7, 11) is -2.36. The highest BCUT2D eigenvalue weighted by Crippen LogP contribution is 2.26. The van der Waals surface area contributed by atoms with Gasteiger partial charge in [-0.25, -0.2) is 12.8 Å². The number of halogens is 1. The normalized spacial score (nSPS) is 13.5. The average Bonchev–Trinajstić information content (AvgIpc) is 2.62. The van der Waals surface area contributed by atoms with Crippen LogP contribution < -0.4 is 14.4 Å². The number of benzene rings is 2. The van der Waals surface area contributed by atoms with E-state index in [0.29, 0.717) is 5.75 Å². The SMILES string of the molecule is COc1ccccc1[C@H](C)NC(=O)[C@@H](C)N(c1ccccc1F)S(C)(=O)=O. The highest BCUT2D eigenvalue weighted by atomic mass is 32.2. The van der Waals surface area contributed by atoms with Crippen LogP contribution in [0.3, 0.4) is 0 Å². The molecular weight excluding hydrogens is 371 g/mol. The van der Waals surface area contributed by atoms with Gasteiger partial charge in [0, 0.05) is 5.56 Å². The van der Waals surface area contributed by atoms with Gasteiger partial charge in [0.2, 0.25) is 15.9 Å². The summed E-state index contributed by atoms with van der Waals surface area (Å²) in [6.45, 7) is 3.17. The molecule has 0 heterocycles. The number of methoxy groups -OCH3 is 1. The van der Waals surface area contributed by atoms with Crippen LogP contribution in [0.5, 0.6) is 5.75 Å². The molecule has 0 aromatic heterocycles. The standard InChI is InChI=1S/C19H23FN2O4S/c1-13(15-9-5-8-12-18(15)26-3)21-19(23)14(2)22(27(4,24)25)17-11-7-6-10-16(17)20/h5-14H,1-4H3,(H,21,23)/t13-,14+/m0/s1. The first kappa shape index (κ1) is 20.7. The third-order valence-corrected chi connectivity index (χ3v) is 5.37. The molecular formula is C19H23FN2O4S. The molecule has 1 amide bonds. The van der Waals surface area contributed by atoms with Crippen LogP contribution in [0.2, 0.25) is 0 Å². The minimum absolute atomic E-state index is 0.174. The maximum atomic E-state index is 14.2. The lowest BCUT2D eigenvalue weighted by Crippen LogP contribution is -2.48. The van der Waals surface area contributed by atoms with Crippen LogP contribution in [-0.4, -0.2) is 33.7 Å². The van der Waals surface area contributed by atoms with Crippen LogP contribution in [0.15, 0.2) is 48.5 Å². The number of ether oxygens (including phenoxy) is 1. The highest BCUT2D eigenvalue weighted by molar-refractivity contribution is 7.92. The fraction of sp³-hybridized carbons (Fsp3) is 0.316. The first-order valence-corrected chi connectivity index (χ1v) is 10.2. The number of nitrogens with one attached hydrogen (secondary N) is 1. The lowest BCUT2D eigenvalue weighted by atomic mass is 10.1. The van der Waals surface area contributed by atoms with E-state index in [0.717, 1.165) is 22.2 Å². The second kappa shape index (κ2) is 8.39.